The maximum Gasteiger partial charge on any atom is 0.333 e. The minimum absolute atomic E-state index is 0.0792. The maximum absolute atomic E-state index is 13.8. The van der Waals surface area contributed by atoms with E-state index in [-0.39, 0.29) is 28.9 Å². The molecule has 6 heteroatoms. The smallest absolute Gasteiger partial charge is 0.333 e. The fourth-order valence-electron chi connectivity index (χ4n) is 2.97. The zero-order chi connectivity index (χ0) is 19.0. The van der Waals surface area contributed by atoms with Gasteiger partial charge in [0.05, 0.1) is 24.2 Å². The molecule has 0 fully saturated rings. The molecule has 0 saturated heterocycles. The molecule has 0 radical (unpaired) electrons. The molecule has 1 aliphatic heterocycles. The van der Waals surface area contributed by atoms with E-state index in [1.54, 1.807) is 0 Å². The summed E-state index contributed by atoms with van der Waals surface area (Å²) < 4.78 is 14.0. The molecule has 0 spiro atoms. The third-order valence-corrected chi connectivity index (χ3v) is 5.46. The summed E-state index contributed by atoms with van der Waals surface area (Å²) in [6.45, 7) is 4.29. The number of carbonyl (C=O) groups is 2. The Hall–Kier alpha value is -2.47. The molecular weight excluding hydrogens is 401 g/mol. The van der Waals surface area contributed by atoms with E-state index < -0.39 is 11.8 Å². The van der Waals surface area contributed by atoms with E-state index in [4.69, 9.17) is 0 Å². The highest BCUT2D eigenvalue weighted by Gasteiger charge is 2.30. The van der Waals surface area contributed by atoms with Gasteiger partial charge in [-0.25, -0.2) is 9.18 Å². The molecule has 1 N–H and O–H groups in total. The van der Waals surface area contributed by atoms with Crippen LogP contribution in [-0.4, -0.2) is 17.0 Å². The fourth-order valence-corrected chi connectivity index (χ4v) is 3.60. The summed E-state index contributed by atoms with van der Waals surface area (Å²) in [6, 6.07) is 9.94. The molecule has 1 amide bonds. The topological polar surface area (TPSA) is 57.6 Å². The Morgan fingerprint density at radius 2 is 1.92 bits per heavy atom. The van der Waals surface area contributed by atoms with Gasteiger partial charge in [-0.3, -0.25) is 4.79 Å². The maximum atomic E-state index is 13.8. The van der Waals surface area contributed by atoms with Crippen molar-refractivity contribution in [3.8, 4) is 0 Å². The summed E-state index contributed by atoms with van der Waals surface area (Å²) in [7, 11) is 0. The van der Waals surface area contributed by atoms with Gasteiger partial charge in [0.25, 0.3) is 0 Å². The number of amides is 1. The first-order valence-corrected chi connectivity index (χ1v) is 8.85. The van der Waals surface area contributed by atoms with Crippen molar-refractivity contribution in [3.63, 3.8) is 0 Å². The molecule has 0 aliphatic carbocycles. The molecule has 0 saturated carbocycles. The monoisotopic (exact) mass is 417 g/mol. The Kier molecular flexibility index (Phi) is 4.96. The largest absolute Gasteiger partial charge is 0.478 e. The van der Waals surface area contributed by atoms with Crippen molar-refractivity contribution in [2.24, 2.45) is 0 Å². The Bertz CT molecular complexity index is 952. The van der Waals surface area contributed by atoms with Gasteiger partial charge in [0.15, 0.2) is 0 Å². The molecule has 4 nitrogen and oxygen atoms in total. The van der Waals surface area contributed by atoms with Gasteiger partial charge in [0.2, 0.25) is 5.91 Å². The minimum atomic E-state index is -1.20. The van der Waals surface area contributed by atoms with Crippen LogP contribution in [-0.2, 0) is 16.1 Å². The van der Waals surface area contributed by atoms with E-state index in [0.717, 1.165) is 16.7 Å². The molecule has 2 aromatic carbocycles. The molecule has 0 bridgehead atoms. The highest BCUT2D eigenvalue weighted by Crippen LogP contribution is 2.39. The van der Waals surface area contributed by atoms with Crippen molar-refractivity contribution in [3.05, 3.63) is 70.0 Å². The predicted octanol–water partition coefficient (Wildman–Crippen LogP) is 4.57. The molecule has 1 aliphatic rings. The van der Waals surface area contributed by atoms with Gasteiger partial charge < -0.3 is 10.0 Å². The van der Waals surface area contributed by atoms with Crippen molar-refractivity contribution in [2.45, 2.75) is 26.8 Å². The Morgan fingerprint density at radius 1 is 1.19 bits per heavy atom. The second-order valence-corrected chi connectivity index (χ2v) is 7.13. The van der Waals surface area contributed by atoms with Gasteiger partial charge in [-0.1, -0.05) is 18.2 Å². The van der Waals surface area contributed by atoms with Crippen molar-refractivity contribution < 1.29 is 19.1 Å². The van der Waals surface area contributed by atoms with E-state index in [2.05, 4.69) is 15.9 Å². The second-order valence-electron chi connectivity index (χ2n) is 6.33. The lowest BCUT2D eigenvalue weighted by Crippen LogP contribution is -2.30. The average molecular weight is 418 g/mol. The number of anilines is 1. The van der Waals surface area contributed by atoms with Crippen LogP contribution in [0, 0.1) is 19.7 Å². The molecule has 1 heterocycles. The highest BCUT2D eigenvalue weighted by atomic mass is 79.9. The number of hydrogen-bond donors (Lipinski definition) is 1. The third-order valence-electron chi connectivity index (χ3n) is 4.55. The molecule has 26 heavy (non-hydrogen) atoms. The summed E-state index contributed by atoms with van der Waals surface area (Å²) in [4.78, 5) is 25.9. The number of carboxylic acids is 1. The second kappa shape index (κ2) is 7.03. The molecular formula is C20H17BrFNO3. The summed E-state index contributed by atoms with van der Waals surface area (Å²) in [5.41, 5.74) is 3.94. The summed E-state index contributed by atoms with van der Waals surface area (Å²) in [6.07, 6.45) is -0.267. The van der Waals surface area contributed by atoms with Gasteiger partial charge in [0, 0.05) is 10.0 Å². The first kappa shape index (κ1) is 18.3. The van der Waals surface area contributed by atoms with Crippen molar-refractivity contribution >= 4 is 38.0 Å². The van der Waals surface area contributed by atoms with E-state index in [1.807, 2.05) is 32.0 Å². The van der Waals surface area contributed by atoms with E-state index in [1.165, 1.54) is 23.1 Å². The number of rotatable bonds is 3. The summed E-state index contributed by atoms with van der Waals surface area (Å²) in [5.74, 6) is -2.04. The van der Waals surface area contributed by atoms with Crippen LogP contribution >= 0.6 is 15.9 Å². The van der Waals surface area contributed by atoms with E-state index in [9.17, 15) is 19.1 Å². The Labute approximate surface area is 159 Å². The number of aliphatic carboxylic acids is 1. The average Bonchev–Trinajstić information content (AvgIpc) is 2.68. The zero-order valence-electron chi connectivity index (χ0n) is 14.3. The van der Waals surface area contributed by atoms with Gasteiger partial charge in [-0.05, 0) is 64.7 Å². The Balaban J connectivity index is 2.10. The third kappa shape index (κ3) is 3.42. The van der Waals surface area contributed by atoms with Crippen LogP contribution in [0.3, 0.4) is 0 Å². The normalized spacial score (nSPS) is 14.3. The lowest BCUT2D eigenvalue weighted by atomic mass is 10.1. The standard InChI is InChI=1S/C20H17BrFNO3/c1-11-3-4-13(7-12(11)2)10-23-17-6-5-14(22)8-15(17)19(21)16(20(25)26)9-18(23)24/h3-8H,9-10H2,1-2H3,(H,25,26). The number of benzene rings is 2. The number of carboxylic acid groups (broad SMARTS) is 1. The minimum Gasteiger partial charge on any atom is -0.478 e. The van der Waals surface area contributed by atoms with Gasteiger partial charge in [-0.15, -0.1) is 0 Å². The molecule has 3 rings (SSSR count). The first-order chi connectivity index (χ1) is 12.3. The lowest BCUT2D eigenvalue weighted by molar-refractivity contribution is -0.133. The SMILES string of the molecule is Cc1ccc(CN2C(=O)CC(C(=O)O)=C(Br)c3cc(F)ccc32)cc1C. The predicted molar refractivity (Wildman–Crippen MR) is 102 cm³/mol. The van der Waals surface area contributed by atoms with Gasteiger partial charge >= 0.3 is 5.97 Å². The number of nitrogens with zero attached hydrogens (tertiary/aromatic N) is 1. The molecule has 0 unspecified atom stereocenters. The molecule has 0 atom stereocenters. The molecule has 0 aromatic heterocycles. The number of halogens is 2. The summed E-state index contributed by atoms with van der Waals surface area (Å²) >= 11 is 3.25. The highest BCUT2D eigenvalue weighted by molar-refractivity contribution is 9.15. The van der Waals surface area contributed by atoms with Crippen LogP contribution in [0.4, 0.5) is 10.1 Å². The number of aryl methyl sites for hydroxylation is 2. The number of carbonyl (C=O) groups excluding carboxylic acids is 1. The van der Waals surface area contributed by atoms with Crippen LogP contribution in [0.5, 0.6) is 0 Å². The van der Waals surface area contributed by atoms with Crippen LogP contribution in [0.25, 0.3) is 4.48 Å². The van der Waals surface area contributed by atoms with Crippen LogP contribution in [0.15, 0.2) is 42.0 Å². The number of fused-ring (bicyclic) bond motifs is 1. The van der Waals surface area contributed by atoms with E-state index in [0.29, 0.717) is 11.3 Å². The van der Waals surface area contributed by atoms with Crippen molar-refractivity contribution in [1.82, 2.24) is 0 Å². The Morgan fingerprint density at radius 3 is 2.58 bits per heavy atom. The fraction of sp³-hybridized carbons (Fsp3) is 0.200. The van der Waals surface area contributed by atoms with Crippen LogP contribution < -0.4 is 4.90 Å². The molecule has 2 aromatic rings. The molecule has 134 valence electrons. The van der Waals surface area contributed by atoms with Crippen molar-refractivity contribution in [2.75, 3.05) is 4.90 Å². The quantitative estimate of drug-likeness (QED) is 0.795. The zero-order valence-corrected chi connectivity index (χ0v) is 15.9. The van der Waals surface area contributed by atoms with Gasteiger partial charge in [0.1, 0.15) is 5.82 Å². The number of hydrogen-bond acceptors (Lipinski definition) is 2. The van der Waals surface area contributed by atoms with E-state index >= 15 is 0 Å². The van der Waals surface area contributed by atoms with Gasteiger partial charge in [-0.2, -0.15) is 0 Å². The summed E-state index contributed by atoms with van der Waals surface area (Å²) in [5, 5.41) is 9.44. The van der Waals surface area contributed by atoms with Crippen LogP contribution in [0.1, 0.15) is 28.7 Å². The van der Waals surface area contributed by atoms with Crippen molar-refractivity contribution in [1.29, 1.82) is 0 Å². The first-order valence-electron chi connectivity index (χ1n) is 8.06. The van der Waals surface area contributed by atoms with Crippen LogP contribution in [0.2, 0.25) is 0 Å². The lowest BCUT2D eigenvalue weighted by Gasteiger charge is -2.24.